The number of benzene rings is 2. The fourth-order valence-electron chi connectivity index (χ4n) is 4.73. The van der Waals surface area contributed by atoms with Gasteiger partial charge in [0.05, 0.1) is 6.54 Å². The van der Waals surface area contributed by atoms with Crippen LogP contribution in [0.2, 0.25) is 0 Å². The van der Waals surface area contributed by atoms with E-state index in [9.17, 15) is 4.39 Å². The lowest BCUT2D eigenvalue weighted by Gasteiger charge is -2.13. The van der Waals surface area contributed by atoms with Crippen LogP contribution in [-0.4, -0.2) is 40.1 Å². The second kappa shape index (κ2) is 10.1. The summed E-state index contributed by atoms with van der Waals surface area (Å²) in [5.74, 6) is 1.28. The first kappa shape index (κ1) is 24.4. The SMILES string of the molecule is CCc1nc2c(C)cc(C)nc2n1Cc1ccc(-c2cc(Oc3cccnc3F)ccc2-c2nn[nH]n2)cc1. The van der Waals surface area contributed by atoms with Gasteiger partial charge in [0, 0.05) is 23.9 Å². The molecular weight excluding hydrogens is 495 g/mol. The summed E-state index contributed by atoms with van der Waals surface area (Å²) in [6, 6.07) is 18.9. The Hall–Kier alpha value is -4.99. The van der Waals surface area contributed by atoms with E-state index < -0.39 is 5.95 Å². The Balaban J connectivity index is 1.36. The molecule has 0 aliphatic heterocycles. The molecule has 0 unspecified atom stereocenters. The topological polar surface area (TPSA) is 107 Å². The van der Waals surface area contributed by atoms with Crippen molar-refractivity contribution in [1.29, 1.82) is 0 Å². The van der Waals surface area contributed by atoms with Crippen LogP contribution in [0.15, 0.2) is 66.9 Å². The quantitative estimate of drug-likeness (QED) is 0.264. The number of imidazole rings is 1. The summed E-state index contributed by atoms with van der Waals surface area (Å²) >= 11 is 0. The number of H-pyrrole nitrogens is 1. The Morgan fingerprint density at radius 2 is 1.82 bits per heavy atom. The molecule has 0 aliphatic carbocycles. The molecule has 0 spiro atoms. The van der Waals surface area contributed by atoms with E-state index in [4.69, 9.17) is 14.7 Å². The Labute approximate surface area is 223 Å². The summed E-state index contributed by atoms with van der Waals surface area (Å²) in [6.45, 7) is 6.84. The molecule has 0 aliphatic rings. The Morgan fingerprint density at radius 3 is 2.56 bits per heavy atom. The van der Waals surface area contributed by atoms with Crippen LogP contribution in [0.25, 0.3) is 33.7 Å². The van der Waals surface area contributed by atoms with Gasteiger partial charge in [-0.25, -0.2) is 15.0 Å². The van der Waals surface area contributed by atoms with E-state index in [1.807, 2.05) is 31.2 Å². The van der Waals surface area contributed by atoms with Gasteiger partial charge in [-0.2, -0.15) is 9.60 Å². The summed E-state index contributed by atoms with van der Waals surface area (Å²) in [7, 11) is 0. The Kier molecular flexibility index (Phi) is 6.28. The molecule has 39 heavy (non-hydrogen) atoms. The molecule has 4 heterocycles. The summed E-state index contributed by atoms with van der Waals surface area (Å²) in [4.78, 5) is 13.3. The monoisotopic (exact) mass is 520 g/mol. The lowest BCUT2D eigenvalue weighted by Crippen LogP contribution is -2.05. The number of tetrazole rings is 1. The molecular formula is C29H25FN8O. The van der Waals surface area contributed by atoms with Crippen LogP contribution in [-0.2, 0) is 13.0 Å². The maximum absolute atomic E-state index is 14.1. The van der Waals surface area contributed by atoms with Gasteiger partial charge in [-0.15, -0.1) is 10.2 Å². The second-order valence-electron chi connectivity index (χ2n) is 9.25. The normalized spacial score (nSPS) is 11.3. The van der Waals surface area contributed by atoms with Crippen LogP contribution in [0.5, 0.6) is 11.5 Å². The minimum Gasteiger partial charge on any atom is -0.453 e. The van der Waals surface area contributed by atoms with E-state index in [0.29, 0.717) is 18.1 Å². The smallest absolute Gasteiger partial charge is 0.255 e. The van der Waals surface area contributed by atoms with Gasteiger partial charge in [0.25, 0.3) is 5.95 Å². The van der Waals surface area contributed by atoms with Gasteiger partial charge in [-0.1, -0.05) is 31.2 Å². The molecule has 0 radical (unpaired) electrons. The minimum absolute atomic E-state index is 0.0458. The summed E-state index contributed by atoms with van der Waals surface area (Å²) in [6.07, 6.45) is 2.19. The van der Waals surface area contributed by atoms with Crippen LogP contribution in [0.3, 0.4) is 0 Å². The minimum atomic E-state index is -0.677. The van der Waals surface area contributed by atoms with Gasteiger partial charge in [-0.3, -0.25) is 0 Å². The first-order valence-electron chi connectivity index (χ1n) is 12.6. The van der Waals surface area contributed by atoms with Crippen molar-refractivity contribution in [3.8, 4) is 34.0 Å². The van der Waals surface area contributed by atoms with Crippen molar-refractivity contribution in [3.05, 3.63) is 95.5 Å². The molecule has 10 heteroatoms. The number of fused-ring (bicyclic) bond motifs is 1. The van der Waals surface area contributed by atoms with Gasteiger partial charge in [0.2, 0.25) is 5.82 Å². The Bertz CT molecular complexity index is 1780. The third kappa shape index (κ3) is 4.72. The first-order valence-corrected chi connectivity index (χ1v) is 12.6. The van der Waals surface area contributed by atoms with E-state index in [1.165, 1.54) is 12.3 Å². The molecule has 0 fully saturated rings. The molecule has 194 valence electrons. The average molecular weight is 521 g/mol. The highest BCUT2D eigenvalue weighted by atomic mass is 19.1. The van der Waals surface area contributed by atoms with E-state index in [2.05, 4.69) is 62.2 Å². The summed E-state index contributed by atoms with van der Waals surface area (Å²) in [5, 5.41) is 14.5. The first-order chi connectivity index (χ1) is 19.0. The average Bonchev–Trinajstić information content (AvgIpc) is 3.59. The summed E-state index contributed by atoms with van der Waals surface area (Å²) < 4.78 is 22.1. The number of halogens is 1. The number of aromatic amines is 1. The highest BCUT2D eigenvalue weighted by Gasteiger charge is 2.16. The lowest BCUT2D eigenvalue weighted by molar-refractivity contribution is 0.429. The van der Waals surface area contributed by atoms with Gasteiger partial charge >= 0.3 is 0 Å². The molecule has 4 aromatic heterocycles. The predicted octanol–water partition coefficient (Wildman–Crippen LogP) is 5.83. The van der Waals surface area contributed by atoms with Crippen LogP contribution >= 0.6 is 0 Å². The molecule has 0 saturated heterocycles. The zero-order valence-electron chi connectivity index (χ0n) is 21.7. The number of aromatic nitrogens is 8. The number of ether oxygens (including phenoxy) is 1. The number of aryl methyl sites for hydroxylation is 3. The molecule has 6 rings (SSSR count). The zero-order chi connectivity index (χ0) is 26.9. The van der Waals surface area contributed by atoms with Crippen LogP contribution < -0.4 is 4.74 Å². The van der Waals surface area contributed by atoms with Crippen molar-refractivity contribution in [2.24, 2.45) is 0 Å². The molecule has 0 amide bonds. The zero-order valence-corrected chi connectivity index (χ0v) is 21.7. The van der Waals surface area contributed by atoms with E-state index >= 15 is 0 Å². The van der Waals surface area contributed by atoms with E-state index in [-0.39, 0.29) is 5.75 Å². The number of pyridine rings is 2. The molecule has 0 saturated carbocycles. The van der Waals surface area contributed by atoms with Crippen LogP contribution in [0.1, 0.15) is 29.6 Å². The second-order valence-corrected chi connectivity index (χ2v) is 9.25. The maximum Gasteiger partial charge on any atom is 0.255 e. The Morgan fingerprint density at radius 1 is 0.974 bits per heavy atom. The van der Waals surface area contributed by atoms with Crippen molar-refractivity contribution >= 4 is 11.2 Å². The highest BCUT2D eigenvalue weighted by Crippen LogP contribution is 2.35. The van der Waals surface area contributed by atoms with Crippen LogP contribution in [0.4, 0.5) is 4.39 Å². The molecule has 2 aromatic carbocycles. The predicted molar refractivity (Wildman–Crippen MR) is 145 cm³/mol. The lowest BCUT2D eigenvalue weighted by atomic mass is 9.97. The molecule has 9 nitrogen and oxygen atoms in total. The number of nitrogens with one attached hydrogen (secondary N) is 1. The van der Waals surface area contributed by atoms with Crippen LogP contribution in [0, 0.1) is 19.8 Å². The van der Waals surface area contributed by atoms with E-state index in [1.54, 1.807) is 12.1 Å². The fraction of sp³-hybridized carbons (Fsp3) is 0.172. The highest BCUT2D eigenvalue weighted by molar-refractivity contribution is 5.82. The van der Waals surface area contributed by atoms with Crippen molar-refractivity contribution in [2.75, 3.05) is 0 Å². The van der Waals surface area contributed by atoms with Gasteiger partial charge in [0.15, 0.2) is 11.4 Å². The van der Waals surface area contributed by atoms with Crippen molar-refractivity contribution in [2.45, 2.75) is 33.7 Å². The van der Waals surface area contributed by atoms with E-state index in [0.717, 1.165) is 56.9 Å². The molecule has 0 atom stereocenters. The largest absolute Gasteiger partial charge is 0.453 e. The number of hydrogen-bond acceptors (Lipinski definition) is 7. The third-order valence-corrected chi connectivity index (χ3v) is 6.55. The van der Waals surface area contributed by atoms with Gasteiger partial charge in [-0.05, 0) is 77.7 Å². The van der Waals surface area contributed by atoms with Crippen molar-refractivity contribution in [1.82, 2.24) is 40.1 Å². The number of rotatable bonds is 7. The number of hydrogen-bond donors (Lipinski definition) is 1. The van der Waals surface area contributed by atoms with Gasteiger partial charge in [0.1, 0.15) is 17.1 Å². The van der Waals surface area contributed by atoms with Crippen molar-refractivity contribution < 1.29 is 9.13 Å². The molecule has 0 bridgehead atoms. The molecule has 6 aromatic rings. The maximum atomic E-state index is 14.1. The fourth-order valence-corrected chi connectivity index (χ4v) is 4.73. The third-order valence-electron chi connectivity index (χ3n) is 6.55. The number of nitrogens with zero attached hydrogens (tertiary/aromatic N) is 7. The molecule has 1 N–H and O–H groups in total. The standard InChI is InChI=1S/C29H25FN8O/c1-4-25-33-26-17(2)14-18(3)32-29(26)38(25)16-19-7-9-20(10-8-19)23-15-21(39-24-6-5-13-31-27(24)30)11-12-22(23)28-34-36-37-35-28/h5-15H,4,16H2,1-3H3,(H,34,35,36,37). The summed E-state index contributed by atoms with van der Waals surface area (Å²) in [5.41, 5.74) is 7.57. The van der Waals surface area contributed by atoms with Gasteiger partial charge < -0.3 is 9.30 Å². The van der Waals surface area contributed by atoms with Crippen molar-refractivity contribution in [3.63, 3.8) is 0 Å².